The van der Waals surface area contributed by atoms with Gasteiger partial charge in [0.1, 0.15) is 5.82 Å². The van der Waals surface area contributed by atoms with Gasteiger partial charge in [0.05, 0.1) is 11.7 Å². The first-order chi connectivity index (χ1) is 13.8. The Labute approximate surface area is 163 Å². The Morgan fingerprint density at radius 1 is 0.821 bits per heavy atom. The van der Waals surface area contributed by atoms with Crippen molar-refractivity contribution in [2.75, 3.05) is 5.32 Å². The fourth-order valence-corrected chi connectivity index (χ4v) is 5.25. The van der Waals surface area contributed by atoms with Crippen LogP contribution in [-0.2, 0) is 0 Å². The first kappa shape index (κ1) is 15.9. The lowest BCUT2D eigenvalue weighted by molar-refractivity contribution is 0.424. The van der Waals surface area contributed by atoms with Crippen LogP contribution in [0.1, 0.15) is 29.5 Å². The van der Waals surface area contributed by atoms with Gasteiger partial charge in [0.15, 0.2) is 0 Å². The Bertz CT molecular complexity index is 1200. The van der Waals surface area contributed by atoms with E-state index in [1.807, 2.05) is 6.07 Å². The van der Waals surface area contributed by atoms with Crippen LogP contribution in [0, 0.1) is 11.7 Å². The fraction of sp³-hybridized carbons (Fsp3) is 0.154. The molecule has 0 saturated carbocycles. The summed E-state index contributed by atoms with van der Waals surface area (Å²) in [7, 11) is 0. The molecule has 1 aliphatic heterocycles. The summed E-state index contributed by atoms with van der Waals surface area (Å²) in [6, 6.07) is 24.9. The van der Waals surface area contributed by atoms with E-state index in [1.54, 1.807) is 6.07 Å². The second-order valence-electron chi connectivity index (χ2n) is 7.91. The Kier molecular flexibility index (Phi) is 3.37. The minimum Gasteiger partial charge on any atom is -0.375 e. The normalized spacial score (nSPS) is 22.8. The third-order valence-electron chi connectivity index (χ3n) is 6.47. The Hall–Kier alpha value is -3.13. The van der Waals surface area contributed by atoms with Gasteiger partial charge in [0.2, 0.25) is 0 Å². The Balaban J connectivity index is 1.66. The number of hydrogen-bond acceptors (Lipinski definition) is 1. The van der Waals surface area contributed by atoms with Crippen LogP contribution in [0.4, 0.5) is 10.1 Å². The smallest absolute Gasteiger partial charge is 0.146 e. The number of halogens is 1. The largest absolute Gasteiger partial charge is 0.375 e. The van der Waals surface area contributed by atoms with Crippen molar-refractivity contribution in [3.8, 4) is 0 Å². The summed E-state index contributed by atoms with van der Waals surface area (Å²) in [4.78, 5) is 0. The molecule has 0 bridgehead atoms. The molecule has 1 nitrogen and oxygen atoms in total. The maximum Gasteiger partial charge on any atom is 0.146 e. The number of allylic oxidation sites excluding steroid dienone is 2. The van der Waals surface area contributed by atoms with Crippen molar-refractivity contribution in [2.45, 2.75) is 18.4 Å². The number of para-hydroxylation sites is 1. The van der Waals surface area contributed by atoms with E-state index in [9.17, 15) is 4.39 Å². The maximum atomic E-state index is 14.8. The van der Waals surface area contributed by atoms with Crippen molar-refractivity contribution in [1.29, 1.82) is 0 Å². The summed E-state index contributed by atoms with van der Waals surface area (Å²) < 4.78 is 14.8. The van der Waals surface area contributed by atoms with Crippen molar-refractivity contribution in [1.82, 2.24) is 0 Å². The Morgan fingerprint density at radius 2 is 1.54 bits per heavy atom. The van der Waals surface area contributed by atoms with Crippen LogP contribution in [0.2, 0.25) is 0 Å². The topological polar surface area (TPSA) is 12.0 Å². The SMILES string of the molecule is Fc1cccc2c1N[C@H](c1c3ccccc3cc3ccccc13)[C@@H]1CC=C[C@H]21. The number of benzene rings is 4. The molecule has 6 rings (SSSR count). The lowest BCUT2D eigenvalue weighted by Gasteiger charge is -2.38. The van der Waals surface area contributed by atoms with E-state index >= 15 is 0 Å². The average Bonchev–Trinajstić information content (AvgIpc) is 3.22. The molecule has 1 N–H and O–H groups in total. The first-order valence-electron chi connectivity index (χ1n) is 9.93. The summed E-state index contributed by atoms with van der Waals surface area (Å²) in [5.41, 5.74) is 3.04. The number of hydrogen-bond donors (Lipinski definition) is 1. The predicted octanol–water partition coefficient (Wildman–Crippen LogP) is 6.96. The maximum absolute atomic E-state index is 14.8. The lowest BCUT2D eigenvalue weighted by atomic mass is 9.75. The quantitative estimate of drug-likeness (QED) is 0.284. The number of rotatable bonds is 1. The highest BCUT2D eigenvalue weighted by molar-refractivity contribution is 6.03. The molecule has 2 aliphatic rings. The molecule has 0 aromatic heterocycles. The summed E-state index contributed by atoms with van der Waals surface area (Å²) in [5, 5.41) is 8.60. The van der Waals surface area contributed by atoms with Crippen LogP contribution in [0.5, 0.6) is 0 Å². The third-order valence-corrected chi connectivity index (χ3v) is 6.47. The molecule has 0 fully saturated rings. The highest BCUT2D eigenvalue weighted by Crippen LogP contribution is 2.52. The van der Waals surface area contributed by atoms with E-state index in [0.29, 0.717) is 11.6 Å². The first-order valence-corrected chi connectivity index (χ1v) is 9.93. The van der Waals surface area contributed by atoms with Crippen molar-refractivity contribution < 1.29 is 4.39 Å². The van der Waals surface area contributed by atoms with E-state index in [4.69, 9.17) is 0 Å². The molecular weight excluding hydrogens is 345 g/mol. The van der Waals surface area contributed by atoms with E-state index in [2.05, 4.69) is 78.1 Å². The van der Waals surface area contributed by atoms with E-state index in [-0.39, 0.29) is 17.8 Å². The second kappa shape index (κ2) is 5.93. The fourth-order valence-electron chi connectivity index (χ4n) is 5.25. The molecule has 4 aromatic rings. The van der Waals surface area contributed by atoms with Gasteiger partial charge in [-0.15, -0.1) is 0 Å². The molecule has 0 amide bonds. The van der Waals surface area contributed by atoms with E-state index in [0.717, 1.165) is 12.0 Å². The molecule has 1 aliphatic carbocycles. The summed E-state index contributed by atoms with van der Waals surface area (Å²) >= 11 is 0. The predicted molar refractivity (Wildman–Crippen MR) is 114 cm³/mol. The molecule has 0 radical (unpaired) electrons. The van der Waals surface area contributed by atoms with E-state index in [1.165, 1.54) is 27.1 Å². The second-order valence-corrected chi connectivity index (χ2v) is 7.91. The number of nitrogens with one attached hydrogen (secondary N) is 1. The van der Waals surface area contributed by atoms with Gasteiger partial charge in [-0.1, -0.05) is 72.8 Å². The average molecular weight is 365 g/mol. The van der Waals surface area contributed by atoms with Gasteiger partial charge in [-0.2, -0.15) is 0 Å². The zero-order valence-electron chi connectivity index (χ0n) is 15.4. The molecule has 0 unspecified atom stereocenters. The molecule has 28 heavy (non-hydrogen) atoms. The minimum absolute atomic E-state index is 0.0698. The summed E-state index contributed by atoms with van der Waals surface area (Å²) in [6.45, 7) is 0. The van der Waals surface area contributed by atoms with Gasteiger partial charge < -0.3 is 5.32 Å². The number of fused-ring (bicyclic) bond motifs is 5. The zero-order valence-corrected chi connectivity index (χ0v) is 15.4. The van der Waals surface area contributed by atoms with Crippen LogP contribution < -0.4 is 5.32 Å². The van der Waals surface area contributed by atoms with Crippen LogP contribution >= 0.6 is 0 Å². The van der Waals surface area contributed by atoms with Crippen LogP contribution in [-0.4, -0.2) is 0 Å². The van der Waals surface area contributed by atoms with Crippen LogP contribution in [0.3, 0.4) is 0 Å². The molecule has 0 saturated heterocycles. The van der Waals surface area contributed by atoms with Crippen molar-refractivity contribution in [3.05, 3.63) is 102 Å². The van der Waals surface area contributed by atoms with Gasteiger partial charge in [0, 0.05) is 5.92 Å². The van der Waals surface area contributed by atoms with Crippen molar-refractivity contribution >= 4 is 27.2 Å². The minimum atomic E-state index is -0.161. The van der Waals surface area contributed by atoms with E-state index < -0.39 is 0 Å². The van der Waals surface area contributed by atoms with Gasteiger partial charge in [-0.3, -0.25) is 0 Å². The molecule has 136 valence electrons. The molecular formula is C26H20FN. The van der Waals surface area contributed by atoms with Gasteiger partial charge in [-0.25, -0.2) is 4.39 Å². The van der Waals surface area contributed by atoms with Crippen LogP contribution in [0.15, 0.2) is 84.9 Å². The molecule has 3 atom stereocenters. The Morgan fingerprint density at radius 3 is 2.29 bits per heavy atom. The highest BCUT2D eigenvalue weighted by atomic mass is 19.1. The summed E-state index contributed by atoms with van der Waals surface area (Å²) in [6.07, 6.45) is 5.54. The molecule has 4 aromatic carbocycles. The molecule has 0 spiro atoms. The van der Waals surface area contributed by atoms with Gasteiger partial charge >= 0.3 is 0 Å². The van der Waals surface area contributed by atoms with Gasteiger partial charge in [0.25, 0.3) is 0 Å². The molecule has 2 heteroatoms. The highest BCUT2D eigenvalue weighted by Gasteiger charge is 2.39. The lowest BCUT2D eigenvalue weighted by Crippen LogP contribution is -2.30. The van der Waals surface area contributed by atoms with Crippen molar-refractivity contribution in [3.63, 3.8) is 0 Å². The van der Waals surface area contributed by atoms with Crippen molar-refractivity contribution in [2.24, 2.45) is 5.92 Å². The zero-order chi connectivity index (χ0) is 18.7. The third kappa shape index (κ3) is 2.18. The number of anilines is 1. The molecule has 1 heterocycles. The van der Waals surface area contributed by atoms with Gasteiger partial charge in [-0.05, 0) is 57.1 Å². The van der Waals surface area contributed by atoms with Crippen LogP contribution in [0.25, 0.3) is 21.5 Å². The summed E-state index contributed by atoms with van der Waals surface area (Å²) in [5.74, 6) is 0.490. The standard InChI is InChI=1S/C26H20FN/c27-23-14-6-13-21-20-11-5-12-22(20)26(28-25(21)23)24-18-9-3-1-7-16(18)15-17-8-2-4-10-19(17)24/h1-11,13-15,20,22,26,28H,12H2/t20-,22-,26+/m1/s1. The monoisotopic (exact) mass is 365 g/mol.